The second-order valence-electron chi connectivity index (χ2n) is 6.92. The second kappa shape index (κ2) is 10.1. The molecule has 0 saturated heterocycles. The number of benzene rings is 2. The first kappa shape index (κ1) is 21.7. The third kappa shape index (κ3) is 5.30. The number of amides is 1. The summed E-state index contributed by atoms with van der Waals surface area (Å²) in [5.74, 6) is -0.409. The maximum atomic E-state index is 12.4. The van der Waals surface area contributed by atoms with Crippen LogP contribution in [0.1, 0.15) is 35.0 Å². The summed E-state index contributed by atoms with van der Waals surface area (Å²) in [4.78, 5) is 24.8. The van der Waals surface area contributed by atoms with Gasteiger partial charge in [-0.1, -0.05) is 54.1 Å². The maximum Gasteiger partial charge on any atom is 0.339 e. The summed E-state index contributed by atoms with van der Waals surface area (Å²) in [6.07, 6.45) is 0.297. The highest BCUT2D eigenvalue weighted by molar-refractivity contribution is 6.30. The number of nitrogens with zero attached hydrogens (tertiary/aromatic N) is 1. The fourth-order valence-electron chi connectivity index (χ4n) is 3.30. The minimum atomic E-state index is -0.349. The second-order valence-corrected chi connectivity index (χ2v) is 7.36. The highest BCUT2D eigenvalue weighted by atomic mass is 35.5. The normalized spacial score (nSPS) is 10.6. The molecule has 0 spiro atoms. The molecule has 0 aliphatic heterocycles. The van der Waals surface area contributed by atoms with Gasteiger partial charge in [-0.25, -0.2) is 4.79 Å². The van der Waals surface area contributed by atoms with Crippen molar-refractivity contribution >= 4 is 23.5 Å². The minimum Gasteiger partial charge on any atom is -0.462 e. The number of hydrogen-bond acceptors (Lipinski definition) is 3. The van der Waals surface area contributed by atoms with Crippen LogP contribution in [0.4, 0.5) is 0 Å². The lowest BCUT2D eigenvalue weighted by atomic mass is 10.1. The Morgan fingerprint density at radius 3 is 2.43 bits per heavy atom. The third-order valence-electron chi connectivity index (χ3n) is 4.90. The molecule has 30 heavy (non-hydrogen) atoms. The van der Waals surface area contributed by atoms with E-state index in [-0.39, 0.29) is 11.9 Å². The zero-order chi connectivity index (χ0) is 21.5. The van der Waals surface area contributed by atoms with Gasteiger partial charge in [0.05, 0.1) is 12.2 Å². The van der Waals surface area contributed by atoms with Crippen molar-refractivity contribution in [3.05, 3.63) is 82.5 Å². The number of hydrogen-bond donors (Lipinski definition) is 1. The van der Waals surface area contributed by atoms with E-state index in [1.54, 1.807) is 19.1 Å². The fraction of sp³-hybridized carbons (Fsp3) is 0.250. The molecule has 1 amide bonds. The lowest BCUT2D eigenvalue weighted by Crippen LogP contribution is -2.24. The number of aromatic nitrogens is 1. The fourth-order valence-corrected chi connectivity index (χ4v) is 3.43. The molecule has 0 aliphatic rings. The van der Waals surface area contributed by atoms with E-state index in [0.717, 1.165) is 22.5 Å². The summed E-state index contributed by atoms with van der Waals surface area (Å²) >= 11 is 5.89. The van der Waals surface area contributed by atoms with Crippen molar-refractivity contribution in [2.75, 3.05) is 6.61 Å². The predicted octanol–water partition coefficient (Wildman–Crippen LogP) is 5.00. The van der Waals surface area contributed by atoms with E-state index >= 15 is 0 Å². The molecule has 3 aromatic rings. The Labute approximate surface area is 181 Å². The molecule has 0 saturated carbocycles. The first-order valence-corrected chi connectivity index (χ1v) is 10.3. The van der Waals surface area contributed by atoms with Crippen molar-refractivity contribution in [3.8, 4) is 11.3 Å². The van der Waals surface area contributed by atoms with Crippen LogP contribution in [0.3, 0.4) is 0 Å². The van der Waals surface area contributed by atoms with Crippen LogP contribution in [0.5, 0.6) is 0 Å². The van der Waals surface area contributed by atoms with Gasteiger partial charge < -0.3 is 14.6 Å². The molecule has 5 nitrogen and oxygen atoms in total. The Morgan fingerprint density at radius 1 is 1.07 bits per heavy atom. The van der Waals surface area contributed by atoms with E-state index in [4.69, 9.17) is 16.3 Å². The van der Waals surface area contributed by atoms with Gasteiger partial charge >= 0.3 is 5.97 Å². The van der Waals surface area contributed by atoms with E-state index in [9.17, 15) is 9.59 Å². The van der Waals surface area contributed by atoms with E-state index in [0.29, 0.717) is 36.7 Å². The third-order valence-corrected chi connectivity index (χ3v) is 5.15. The molecule has 1 N–H and O–H groups in total. The van der Waals surface area contributed by atoms with Crippen LogP contribution < -0.4 is 5.32 Å². The first-order valence-electron chi connectivity index (χ1n) is 9.93. The Kier molecular flexibility index (Phi) is 7.31. The van der Waals surface area contributed by atoms with E-state index < -0.39 is 0 Å². The van der Waals surface area contributed by atoms with Gasteiger partial charge in [0, 0.05) is 35.9 Å². The number of carbonyl (C=O) groups excluding carboxylic acids is 2. The Hall–Kier alpha value is -3.05. The zero-order valence-electron chi connectivity index (χ0n) is 17.2. The molecule has 0 unspecified atom stereocenters. The van der Waals surface area contributed by atoms with E-state index in [2.05, 4.69) is 5.32 Å². The lowest BCUT2D eigenvalue weighted by Gasteiger charge is -2.12. The highest BCUT2D eigenvalue weighted by Gasteiger charge is 2.19. The average Bonchev–Trinajstić information content (AvgIpc) is 3.09. The maximum absolute atomic E-state index is 12.4. The summed E-state index contributed by atoms with van der Waals surface area (Å²) in [5.41, 5.74) is 4.17. The quantitative estimate of drug-likeness (QED) is 0.517. The number of rotatable bonds is 8. The summed E-state index contributed by atoms with van der Waals surface area (Å²) < 4.78 is 7.20. The molecule has 0 aliphatic carbocycles. The van der Waals surface area contributed by atoms with Crippen LogP contribution in [0.2, 0.25) is 5.02 Å². The van der Waals surface area contributed by atoms with Crippen LogP contribution in [-0.2, 0) is 22.6 Å². The van der Waals surface area contributed by atoms with Crippen LogP contribution in [0.25, 0.3) is 11.3 Å². The largest absolute Gasteiger partial charge is 0.462 e. The number of ether oxygens (including phenoxy) is 1. The smallest absolute Gasteiger partial charge is 0.339 e. The molecule has 2 aromatic carbocycles. The average molecular weight is 425 g/mol. The summed E-state index contributed by atoms with van der Waals surface area (Å²) in [5, 5.41) is 3.60. The summed E-state index contributed by atoms with van der Waals surface area (Å²) in [6, 6.07) is 19.0. The molecule has 0 atom stereocenters. The van der Waals surface area contributed by atoms with Gasteiger partial charge in [0.1, 0.15) is 0 Å². The van der Waals surface area contributed by atoms with Crippen LogP contribution >= 0.6 is 11.6 Å². The predicted molar refractivity (Wildman–Crippen MR) is 118 cm³/mol. The highest BCUT2D eigenvalue weighted by Crippen LogP contribution is 2.27. The van der Waals surface area contributed by atoms with Crippen molar-refractivity contribution < 1.29 is 14.3 Å². The Morgan fingerprint density at radius 2 is 1.77 bits per heavy atom. The number of esters is 1. The standard InChI is InChI=1S/C24H25ClN2O3/c1-3-30-24(29)21-15-22(19-7-5-4-6-8-19)27(17(21)2)14-13-23(28)26-16-18-9-11-20(25)12-10-18/h4-12,15H,3,13-14,16H2,1-2H3,(H,26,28). The van der Waals surface area contributed by atoms with Gasteiger partial charge in [0.25, 0.3) is 0 Å². The van der Waals surface area contributed by atoms with Crippen molar-refractivity contribution in [3.63, 3.8) is 0 Å². The topological polar surface area (TPSA) is 60.3 Å². The number of nitrogens with one attached hydrogen (secondary N) is 1. The van der Waals surface area contributed by atoms with Crippen LogP contribution in [0, 0.1) is 6.92 Å². The van der Waals surface area contributed by atoms with Gasteiger partial charge in [0.2, 0.25) is 5.91 Å². The molecule has 0 radical (unpaired) electrons. The SMILES string of the molecule is CCOC(=O)c1cc(-c2ccccc2)n(CCC(=O)NCc2ccc(Cl)cc2)c1C. The number of carbonyl (C=O) groups is 2. The number of halogens is 1. The molecule has 0 bridgehead atoms. The minimum absolute atomic E-state index is 0.0604. The summed E-state index contributed by atoms with van der Waals surface area (Å²) in [6.45, 7) is 4.89. The Balaban J connectivity index is 1.74. The molecular formula is C24H25ClN2O3. The van der Waals surface area contributed by atoms with Crippen LogP contribution in [0.15, 0.2) is 60.7 Å². The van der Waals surface area contributed by atoms with E-state index in [1.807, 2.05) is 60.0 Å². The Bertz CT molecular complexity index is 1010. The van der Waals surface area contributed by atoms with Crippen molar-refractivity contribution in [1.82, 2.24) is 9.88 Å². The van der Waals surface area contributed by atoms with Crippen molar-refractivity contribution in [2.45, 2.75) is 33.4 Å². The van der Waals surface area contributed by atoms with Gasteiger partial charge in [-0.15, -0.1) is 0 Å². The molecule has 1 aromatic heterocycles. The first-order chi connectivity index (χ1) is 14.5. The molecule has 6 heteroatoms. The van der Waals surface area contributed by atoms with Crippen molar-refractivity contribution in [2.24, 2.45) is 0 Å². The molecule has 3 rings (SSSR count). The van der Waals surface area contributed by atoms with Gasteiger partial charge in [-0.3, -0.25) is 4.79 Å². The molecule has 156 valence electrons. The van der Waals surface area contributed by atoms with E-state index in [1.165, 1.54) is 0 Å². The van der Waals surface area contributed by atoms with Gasteiger partial charge in [-0.2, -0.15) is 0 Å². The summed E-state index contributed by atoms with van der Waals surface area (Å²) in [7, 11) is 0. The lowest BCUT2D eigenvalue weighted by molar-refractivity contribution is -0.121. The van der Waals surface area contributed by atoms with Crippen molar-refractivity contribution in [1.29, 1.82) is 0 Å². The molecule has 1 heterocycles. The van der Waals surface area contributed by atoms with Gasteiger partial charge in [0.15, 0.2) is 0 Å². The van der Waals surface area contributed by atoms with Crippen LogP contribution in [-0.4, -0.2) is 23.1 Å². The zero-order valence-corrected chi connectivity index (χ0v) is 17.9. The monoisotopic (exact) mass is 424 g/mol. The molecule has 0 fully saturated rings. The van der Waals surface area contributed by atoms with Gasteiger partial charge in [-0.05, 0) is 43.2 Å². The molecular weight excluding hydrogens is 400 g/mol.